The minimum absolute atomic E-state index is 0.133. The molecule has 2 heterocycles. The number of hydrogen-bond acceptors (Lipinski definition) is 5. The summed E-state index contributed by atoms with van der Waals surface area (Å²) < 4.78 is 11.5. The highest BCUT2D eigenvalue weighted by molar-refractivity contribution is 5.43. The van der Waals surface area contributed by atoms with Crippen LogP contribution in [0.5, 0.6) is 0 Å². The van der Waals surface area contributed by atoms with Crippen LogP contribution in [0.2, 0.25) is 0 Å². The molecule has 1 aliphatic rings. The van der Waals surface area contributed by atoms with Crippen molar-refractivity contribution in [3.8, 4) is 0 Å². The van der Waals surface area contributed by atoms with Crippen LogP contribution in [0, 0.1) is 0 Å². The molecule has 0 aliphatic carbocycles. The van der Waals surface area contributed by atoms with E-state index in [2.05, 4.69) is 11.6 Å². The maximum absolute atomic E-state index is 11.6. The molecular weight excluding hydrogens is 228 g/mol. The van der Waals surface area contributed by atoms with Gasteiger partial charge in [0.15, 0.2) is 12.5 Å². The molecular formula is C10H12N2O5. The van der Waals surface area contributed by atoms with E-state index in [-0.39, 0.29) is 18.8 Å². The minimum atomic E-state index is -0.744. The summed E-state index contributed by atoms with van der Waals surface area (Å²) in [4.78, 5) is 25.0. The molecule has 0 saturated carbocycles. The Balaban J connectivity index is 2.36. The van der Waals surface area contributed by atoms with Gasteiger partial charge in [0.25, 0.3) is 5.56 Å². The van der Waals surface area contributed by atoms with E-state index in [9.17, 15) is 9.59 Å². The van der Waals surface area contributed by atoms with Crippen molar-refractivity contribution >= 4 is 6.08 Å². The zero-order valence-electron chi connectivity index (χ0n) is 8.96. The van der Waals surface area contributed by atoms with Gasteiger partial charge in [0.2, 0.25) is 0 Å². The number of ether oxygens (including phenoxy) is 2. The van der Waals surface area contributed by atoms with Gasteiger partial charge >= 0.3 is 5.69 Å². The van der Waals surface area contributed by atoms with E-state index in [0.717, 1.165) is 0 Å². The Hall–Kier alpha value is -1.70. The Labute approximate surface area is 95.9 Å². The predicted octanol–water partition coefficient (Wildman–Crippen LogP) is -0.957. The highest BCUT2D eigenvalue weighted by Gasteiger charge is 2.27. The van der Waals surface area contributed by atoms with Crippen LogP contribution in [0.25, 0.3) is 6.08 Å². The van der Waals surface area contributed by atoms with Crippen molar-refractivity contribution in [2.45, 2.75) is 12.5 Å². The van der Waals surface area contributed by atoms with Gasteiger partial charge in [-0.05, 0) is 0 Å². The number of rotatable bonds is 3. The van der Waals surface area contributed by atoms with Crippen molar-refractivity contribution in [2.24, 2.45) is 0 Å². The van der Waals surface area contributed by atoms with Crippen LogP contribution in [0.15, 0.2) is 22.4 Å². The summed E-state index contributed by atoms with van der Waals surface area (Å²) in [5.41, 5.74) is -0.827. The quantitative estimate of drug-likeness (QED) is 0.710. The van der Waals surface area contributed by atoms with E-state index >= 15 is 0 Å². The van der Waals surface area contributed by atoms with E-state index in [1.807, 2.05) is 0 Å². The number of aliphatic hydroxyl groups is 1. The molecule has 7 nitrogen and oxygen atoms in total. The van der Waals surface area contributed by atoms with Crippen LogP contribution < -0.4 is 11.2 Å². The lowest BCUT2D eigenvalue weighted by Gasteiger charge is -2.12. The van der Waals surface area contributed by atoms with Crippen molar-refractivity contribution in [1.82, 2.24) is 9.55 Å². The van der Waals surface area contributed by atoms with Crippen LogP contribution in [0.3, 0.4) is 0 Å². The topological polar surface area (TPSA) is 93.6 Å². The number of aromatic amines is 1. The van der Waals surface area contributed by atoms with Gasteiger partial charge in [0, 0.05) is 6.20 Å². The highest BCUT2D eigenvalue weighted by Crippen LogP contribution is 2.18. The Morgan fingerprint density at radius 1 is 1.65 bits per heavy atom. The average Bonchev–Trinajstić information content (AvgIpc) is 2.78. The van der Waals surface area contributed by atoms with E-state index < -0.39 is 23.8 Å². The lowest BCUT2D eigenvalue weighted by molar-refractivity contribution is -0.0993. The first kappa shape index (κ1) is 11.8. The first-order chi connectivity index (χ1) is 8.15. The first-order valence-corrected chi connectivity index (χ1v) is 5.01. The van der Waals surface area contributed by atoms with Gasteiger partial charge in [-0.3, -0.25) is 14.3 Å². The Morgan fingerprint density at radius 3 is 3.00 bits per heavy atom. The molecule has 1 aromatic rings. The largest absolute Gasteiger partial charge is 0.391 e. The number of aromatic nitrogens is 2. The second-order valence-corrected chi connectivity index (χ2v) is 3.49. The maximum Gasteiger partial charge on any atom is 0.330 e. The molecule has 2 N–H and O–H groups in total. The zero-order valence-corrected chi connectivity index (χ0v) is 8.96. The molecule has 1 saturated heterocycles. The molecule has 0 spiro atoms. The summed E-state index contributed by atoms with van der Waals surface area (Å²) in [5, 5.41) is 8.83. The average molecular weight is 240 g/mol. The third-order valence-corrected chi connectivity index (χ3v) is 2.41. The van der Waals surface area contributed by atoms with Crippen molar-refractivity contribution in [1.29, 1.82) is 0 Å². The number of H-pyrrole nitrogens is 1. The molecule has 0 bridgehead atoms. The highest BCUT2D eigenvalue weighted by atomic mass is 16.7. The summed E-state index contributed by atoms with van der Waals surface area (Å²) in [6, 6.07) is 0. The Kier molecular flexibility index (Phi) is 3.23. The van der Waals surface area contributed by atoms with Crippen molar-refractivity contribution < 1.29 is 14.6 Å². The van der Waals surface area contributed by atoms with E-state index in [0.29, 0.717) is 0 Å². The van der Waals surface area contributed by atoms with Crippen molar-refractivity contribution in [3.05, 3.63) is 39.2 Å². The van der Waals surface area contributed by atoms with Gasteiger partial charge in [-0.15, -0.1) is 0 Å². The predicted molar refractivity (Wildman–Crippen MR) is 58.4 cm³/mol. The van der Waals surface area contributed by atoms with Crippen LogP contribution in [0.4, 0.5) is 0 Å². The molecule has 2 atom stereocenters. The fraction of sp³-hybridized carbons (Fsp3) is 0.400. The number of hydrogen-bond donors (Lipinski definition) is 2. The molecule has 0 radical (unpaired) electrons. The summed E-state index contributed by atoms with van der Waals surface area (Å²) in [5.74, 6) is 0. The lowest BCUT2D eigenvalue weighted by Crippen LogP contribution is -2.34. The van der Waals surface area contributed by atoms with Crippen molar-refractivity contribution in [2.75, 3.05) is 13.2 Å². The summed E-state index contributed by atoms with van der Waals surface area (Å²) in [7, 11) is 0. The lowest BCUT2D eigenvalue weighted by atomic mass is 10.3. The van der Waals surface area contributed by atoms with Crippen LogP contribution in [0.1, 0.15) is 11.8 Å². The monoisotopic (exact) mass is 240 g/mol. The van der Waals surface area contributed by atoms with Crippen LogP contribution in [-0.2, 0) is 9.47 Å². The van der Waals surface area contributed by atoms with E-state index in [1.54, 1.807) is 0 Å². The standard InChI is InChI=1S/C10H12N2O5/c1-2-6-3-12(10(15)11-9(6)14)7-5-16-8(4-13)17-7/h2-3,7-8,13H,1,4-5H2,(H,11,14,15)/t7-,8-/m1/s1. The second kappa shape index (κ2) is 4.66. The van der Waals surface area contributed by atoms with Crippen LogP contribution in [-0.4, -0.2) is 34.2 Å². The van der Waals surface area contributed by atoms with Gasteiger partial charge in [-0.25, -0.2) is 4.79 Å². The second-order valence-electron chi connectivity index (χ2n) is 3.49. The third kappa shape index (κ3) is 2.21. The molecule has 0 aromatic carbocycles. The first-order valence-electron chi connectivity index (χ1n) is 5.01. The number of nitrogens with zero attached hydrogens (tertiary/aromatic N) is 1. The smallest absolute Gasteiger partial charge is 0.330 e. The molecule has 1 aromatic heterocycles. The Morgan fingerprint density at radius 2 is 2.41 bits per heavy atom. The fourth-order valence-corrected chi connectivity index (χ4v) is 1.55. The fourth-order valence-electron chi connectivity index (χ4n) is 1.55. The number of aliphatic hydroxyl groups excluding tert-OH is 1. The molecule has 0 unspecified atom stereocenters. The summed E-state index contributed by atoms with van der Waals surface area (Å²) in [6.45, 7) is 3.32. The van der Waals surface area contributed by atoms with E-state index in [1.165, 1.54) is 16.8 Å². The van der Waals surface area contributed by atoms with Gasteiger partial charge in [0.1, 0.15) is 0 Å². The normalized spacial score (nSPS) is 23.8. The molecule has 1 aliphatic heterocycles. The molecule has 0 amide bonds. The number of nitrogens with one attached hydrogen (secondary N) is 1. The summed E-state index contributed by atoms with van der Waals surface area (Å²) >= 11 is 0. The van der Waals surface area contributed by atoms with Gasteiger partial charge < -0.3 is 14.6 Å². The third-order valence-electron chi connectivity index (χ3n) is 2.41. The van der Waals surface area contributed by atoms with Crippen LogP contribution >= 0.6 is 0 Å². The maximum atomic E-state index is 11.6. The Bertz CT molecular complexity index is 532. The van der Waals surface area contributed by atoms with Gasteiger partial charge in [-0.2, -0.15) is 0 Å². The molecule has 2 rings (SSSR count). The zero-order chi connectivity index (χ0) is 12.4. The van der Waals surface area contributed by atoms with Gasteiger partial charge in [0.05, 0.1) is 18.8 Å². The van der Waals surface area contributed by atoms with E-state index in [4.69, 9.17) is 14.6 Å². The minimum Gasteiger partial charge on any atom is -0.391 e. The molecule has 92 valence electrons. The summed E-state index contributed by atoms with van der Waals surface area (Å²) in [6.07, 6.45) is 1.29. The molecule has 7 heteroatoms. The van der Waals surface area contributed by atoms with Crippen molar-refractivity contribution in [3.63, 3.8) is 0 Å². The SMILES string of the molecule is C=Cc1cn([C@H]2CO[C@@H](CO)O2)c(=O)[nH]c1=O. The van der Waals surface area contributed by atoms with Gasteiger partial charge in [-0.1, -0.05) is 12.7 Å². The molecule has 17 heavy (non-hydrogen) atoms. The molecule has 1 fully saturated rings.